The molecule has 1 N–H and O–H groups in total. The lowest BCUT2D eigenvalue weighted by atomic mass is 9.88. The van der Waals surface area contributed by atoms with Crippen molar-refractivity contribution in [2.24, 2.45) is 17.8 Å². The van der Waals surface area contributed by atoms with E-state index < -0.39 is 20.2 Å². The van der Waals surface area contributed by atoms with Crippen molar-refractivity contribution in [3.05, 3.63) is 0 Å². The second-order valence-electron chi connectivity index (χ2n) is 10.6. The third kappa shape index (κ3) is 5.61. The third-order valence-corrected chi connectivity index (χ3v) is 12.1. The summed E-state index contributed by atoms with van der Waals surface area (Å²) < 4.78 is 25.0. The lowest BCUT2D eigenvalue weighted by Gasteiger charge is -2.38. The van der Waals surface area contributed by atoms with E-state index in [1.807, 2.05) is 0 Å². The van der Waals surface area contributed by atoms with Crippen LogP contribution in [0.3, 0.4) is 0 Å². The molecule has 0 amide bonds. The van der Waals surface area contributed by atoms with Gasteiger partial charge in [0.15, 0.2) is 14.6 Å². The highest BCUT2D eigenvalue weighted by molar-refractivity contribution is 6.74. The van der Waals surface area contributed by atoms with E-state index in [1.165, 1.54) is 0 Å². The van der Waals surface area contributed by atoms with Gasteiger partial charge in [-0.2, -0.15) is 0 Å². The predicted molar refractivity (Wildman–Crippen MR) is 113 cm³/mol. The van der Waals surface area contributed by atoms with Crippen LogP contribution in [0.15, 0.2) is 0 Å². The molecule has 2 saturated heterocycles. The topological polar surface area (TPSA) is 74.2 Å². The molecule has 0 aromatic heterocycles. The normalized spacial score (nSPS) is 36.4. The molecule has 3 fully saturated rings. The molecule has 6 nitrogen and oxygen atoms in total. The number of rotatable bonds is 6. The second-order valence-corrected chi connectivity index (χ2v) is 15.4. The second kappa shape index (κ2) is 9.35. The average molecular weight is 429 g/mol. The lowest BCUT2D eigenvalue weighted by molar-refractivity contribution is -0.198. The molecule has 2 heterocycles. The summed E-state index contributed by atoms with van der Waals surface area (Å²) in [6.45, 7) is 13.1. The first kappa shape index (κ1) is 23.2. The molecule has 3 rings (SSSR count). The van der Waals surface area contributed by atoms with E-state index in [0.717, 1.165) is 38.7 Å². The summed E-state index contributed by atoms with van der Waals surface area (Å²) in [5.74, 6) is -0.629. The van der Waals surface area contributed by atoms with Gasteiger partial charge in [0.2, 0.25) is 0 Å². The molecule has 0 bridgehead atoms. The Balaban J connectivity index is 1.71. The minimum absolute atomic E-state index is 0.0549. The number of carboxylic acids is 1. The zero-order valence-corrected chi connectivity index (χ0v) is 19.8. The number of aliphatic carboxylic acids is 1. The molecule has 1 saturated carbocycles. The monoisotopic (exact) mass is 428 g/mol. The molecular weight excluding hydrogens is 388 g/mol. The smallest absolute Gasteiger partial charge is 0.308 e. The summed E-state index contributed by atoms with van der Waals surface area (Å²) in [6, 6.07) is 0. The van der Waals surface area contributed by atoms with Gasteiger partial charge in [0.05, 0.1) is 24.7 Å². The zero-order valence-electron chi connectivity index (χ0n) is 18.8. The first-order valence-corrected chi connectivity index (χ1v) is 14.2. The molecule has 1 unspecified atom stereocenters. The molecule has 0 aromatic carbocycles. The maximum atomic E-state index is 11.5. The van der Waals surface area contributed by atoms with Crippen molar-refractivity contribution in [3.63, 3.8) is 0 Å². The quantitative estimate of drug-likeness (QED) is 0.631. The molecule has 2 aliphatic heterocycles. The van der Waals surface area contributed by atoms with Crippen LogP contribution in [0, 0.1) is 17.8 Å². The number of carboxylic acid groups (broad SMARTS) is 1. The maximum absolute atomic E-state index is 11.5. The predicted octanol–water partition coefficient (Wildman–Crippen LogP) is 4.44. The van der Waals surface area contributed by atoms with Crippen molar-refractivity contribution < 1.29 is 28.5 Å². The fraction of sp³-hybridized carbons (Fsp3) is 0.955. The SMILES string of the molecule is CC(C)(C)[Si](C)(C)OC[C@@H]1[C@H]2CC[C@H](C(=O)O)CO[C@H]2C[C@H]1OC1CCCCO1. The van der Waals surface area contributed by atoms with Crippen LogP contribution in [0.25, 0.3) is 0 Å². The Hall–Kier alpha value is -0.473. The summed E-state index contributed by atoms with van der Waals surface area (Å²) in [7, 11) is -1.88. The molecule has 3 aliphatic rings. The summed E-state index contributed by atoms with van der Waals surface area (Å²) in [5, 5.41) is 9.57. The number of hydrogen-bond acceptors (Lipinski definition) is 5. The average Bonchev–Trinajstić information content (AvgIpc) is 2.81. The van der Waals surface area contributed by atoms with Crippen LogP contribution in [0.5, 0.6) is 0 Å². The Bertz CT molecular complexity index is 554. The molecule has 6 atom stereocenters. The van der Waals surface area contributed by atoms with Gasteiger partial charge in [0, 0.05) is 25.6 Å². The zero-order chi connectivity index (χ0) is 21.2. The van der Waals surface area contributed by atoms with Gasteiger partial charge in [-0.3, -0.25) is 4.79 Å². The Morgan fingerprint density at radius 3 is 2.52 bits per heavy atom. The Morgan fingerprint density at radius 2 is 1.90 bits per heavy atom. The Labute approximate surface area is 176 Å². The number of hydrogen-bond donors (Lipinski definition) is 1. The third-order valence-electron chi connectivity index (χ3n) is 7.59. The number of ether oxygens (including phenoxy) is 3. The van der Waals surface area contributed by atoms with E-state index in [-0.39, 0.29) is 35.4 Å². The summed E-state index contributed by atoms with van der Waals surface area (Å²) in [5.41, 5.74) is 0. The van der Waals surface area contributed by atoms with Crippen LogP contribution >= 0.6 is 0 Å². The van der Waals surface area contributed by atoms with E-state index in [4.69, 9.17) is 18.6 Å². The minimum Gasteiger partial charge on any atom is -0.481 e. The van der Waals surface area contributed by atoms with Gasteiger partial charge < -0.3 is 23.7 Å². The summed E-state index contributed by atoms with van der Waals surface area (Å²) >= 11 is 0. The highest BCUT2D eigenvalue weighted by atomic mass is 28.4. The molecule has 1 aliphatic carbocycles. The molecule has 29 heavy (non-hydrogen) atoms. The van der Waals surface area contributed by atoms with Gasteiger partial charge in [-0.15, -0.1) is 0 Å². The lowest BCUT2D eigenvalue weighted by Crippen LogP contribution is -2.44. The maximum Gasteiger partial charge on any atom is 0.308 e. The van der Waals surface area contributed by atoms with Crippen molar-refractivity contribution >= 4 is 14.3 Å². The van der Waals surface area contributed by atoms with E-state index in [2.05, 4.69) is 33.9 Å². The number of fused-ring (bicyclic) bond motifs is 1. The van der Waals surface area contributed by atoms with Gasteiger partial charge in [-0.1, -0.05) is 20.8 Å². The van der Waals surface area contributed by atoms with E-state index in [1.54, 1.807) is 0 Å². The van der Waals surface area contributed by atoms with Gasteiger partial charge >= 0.3 is 5.97 Å². The van der Waals surface area contributed by atoms with Crippen LogP contribution < -0.4 is 0 Å². The minimum atomic E-state index is -1.88. The van der Waals surface area contributed by atoms with Gasteiger partial charge in [0.1, 0.15) is 0 Å². The first-order valence-electron chi connectivity index (χ1n) is 11.3. The fourth-order valence-corrected chi connectivity index (χ4v) is 5.60. The van der Waals surface area contributed by atoms with Crippen molar-refractivity contribution in [2.45, 2.75) is 95.9 Å². The highest BCUT2D eigenvalue weighted by Crippen LogP contribution is 2.44. The largest absolute Gasteiger partial charge is 0.481 e. The molecule has 0 spiro atoms. The van der Waals surface area contributed by atoms with Crippen LogP contribution in [-0.2, 0) is 23.4 Å². The molecular formula is C22H40O6Si. The van der Waals surface area contributed by atoms with Crippen molar-refractivity contribution in [1.82, 2.24) is 0 Å². The van der Waals surface area contributed by atoms with Crippen LogP contribution in [0.4, 0.5) is 0 Å². The highest BCUT2D eigenvalue weighted by Gasteiger charge is 2.48. The molecule has 0 aromatic rings. The van der Waals surface area contributed by atoms with Crippen molar-refractivity contribution in [3.8, 4) is 0 Å². The van der Waals surface area contributed by atoms with Crippen LogP contribution in [0.2, 0.25) is 18.1 Å². The van der Waals surface area contributed by atoms with Crippen LogP contribution in [0.1, 0.15) is 59.3 Å². The molecule has 168 valence electrons. The summed E-state index contributed by atoms with van der Waals surface area (Å²) in [6.07, 6.45) is 5.52. The molecule has 7 heteroatoms. The van der Waals surface area contributed by atoms with Gasteiger partial charge in [0.25, 0.3) is 0 Å². The Morgan fingerprint density at radius 1 is 1.14 bits per heavy atom. The van der Waals surface area contributed by atoms with Crippen molar-refractivity contribution in [1.29, 1.82) is 0 Å². The van der Waals surface area contributed by atoms with E-state index in [0.29, 0.717) is 19.6 Å². The van der Waals surface area contributed by atoms with Crippen LogP contribution in [-0.4, -0.2) is 57.7 Å². The summed E-state index contributed by atoms with van der Waals surface area (Å²) in [4.78, 5) is 11.5. The molecule has 0 radical (unpaired) electrons. The van der Waals surface area contributed by atoms with Crippen molar-refractivity contribution in [2.75, 3.05) is 19.8 Å². The van der Waals surface area contributed by atoms with E-state index in [9.17, 15) is 9.90 Å². The van der Waals surface area contributed by atoms with Gasteiger partial charge in [-0.25, -0.2) is 0 Å². The fourth-order valence-electron chi connectivity index (χ4n) is 4.55. The van der Waals surface area contributed by atoms with Gasteiger partial charge in [-0.05, 0) is 56.2 Å². The van der Waals surface area contributed by atoms with E-state index >= 15 is 0 Å². The number of carbonyl (C=O) groups is 1. The standard InChI is InChI=1S/C22H40O6Si/c1-22(2,3)29(4,5)27-14-17-16-10-9-15(21(23)24)13-26-18(16)12-19(17)28-20-8-6-7-11-25-20/h15-20H,6-14H2,1-5H3,(H,23,24)/t15-,16+,17+,18-,19+,20?/m0/s1. The Kier molecular flexibility index (Phi) is 7.47. The first-order chi connectivity index (χ1) is 13.6.